The van der Waals surface area contributed by atoms with Crippen LogP contribution in [0.25, 0.3) is 0 Å². The Labute approximate surface area is 98.8 Å². The number of nitrogens with zero attached hydrogens (tertiary/aromatic N) is 4. The monoisotopic (exact) mass is 246 g/mol. The summed E-state index contributed by atoms with van der Waals surface area (Å²) in [5.41, 5.74) is 0. The lowest BCUT2D eigenvalue weighted by molar-refractivity contribution is 0.450. The second kappa shape index (κ2) is 5.16. The van der Waals surface area contributed by atoms with Crippen molar-refractivity contribution in [3.05, 3.63) is 5.82 Å². The van der Waals surface area contributed by atoms with Crippen LogP contribution in [-0.2, 0) is 5.88 Å². The van der Waals surface area contributed by atoms with E-state index in [0.717, 1.165) is 11.6 Å². The lowest BCUT2D eigenvalue weighted by Gasteiger charge is -2.19. The summed E-state index contributed by atoms with van der Waals surface area (Å²) in [6.07, 6.45) is 3.71. The molecule has 0 aliphatic heterocycles. The second-order valence-electron chi connectivity index (χ2n) is 3.67. The Hall–Kier alpha value is -0.290. The summed E-state index contributed by atoms with van der Waals surface area (Å²) >= 11 is 7.81. The molecule has 1 aliphatic rings. The molecule has 0 bridgehead atoms. The van der Waals surface area contributed by atoms with Crippen molar-refractivity contribution in [1.82, 2.24) is 20.2 Å². The van der Waals surface area contributed by atoms with E-state index in [1.54, 1.807) is 0 Å². The molecule has 1 aromatic rings. The average Bonchev–Trinajstić information content (AvgIpc) is 2.84. The summed E-state index contributed by atoms with van der Waals surface area (Å²) in [6.45, 7) is 2.20. The molecule has 0 N–H and O–H groups in total. The predicted molar refractivity (Wildman–Crippen MR) is 62.2 cm³/mol. The van der Waals surface area contributed by atoms with Crippen molar-refractivity contribution in [2.45, 2.75) is 43.4 Å². The van der Waals surface area contributed by atoms with Crippen molar-refractivity contribution in [3.63, 3.8) is 0 Å². The van der Waals surface area contributed by atoms with Gasteiger partial charge in [0.15, 0.2) is 5.82 Å². The van der Waals surface area contributed by atoms with Gasteiger partial charge in [-0.25, -0.2) is 4.68 Å². The van der Waals surface area contributed by atoms with Crippen molar-refractivity contribution in [1.29, 1.82) is 0 Å². The number of thioether (sulfide) groups is 1. The molecule has 84 valence electrons. The first kappa shape index (κ1) is 11.2. The van der Waals surface area contributed by atoms with Gasteiger partial charge in [0.2, 0.25) is 0 Å². The van der Waals surface area contributed by atoms with Gasteiger partial charge in [0.05, 0.1) is 11.9 Å². The fraction of sp³-hybridized carbons (Fsp3) is 0.889. The maximum atomic E-state index is 5.81. The third-order valence-corrected chi connectivity index (χ3v) is 4.34. The van der Waals surface area contributed by atoms with Gasteiger partial charge in [0, 0.05) is 5.25 Å². The smallest absolute Gasteiger partial charge is 0.166 e. The molecule has 0 amide bonds. The van der Waals surface area contributed by atoms with E-state index in [-0.39, 0.29) is 0 Å². The molecule has 0 spiro atoms. The number of hydrogen-bond donors (Lipinski definition) is 0. The maximum Gasteiger partial charge on any atom is 0.166 e. The highest BCUT2D eigenvalue weighted by molar-refractivity contribution is 7.99. The third kappa shape index (κ3) is 2.28. The fourth-order valence-corrected chi connectivity index (χ4v) is 3.56. The third-order valence-electron chi connectivity index (χ3n) is 2.79. The maximum absolute atomic E-state index is 5.81. The minimum absolute atomic E-state index is 0.396. The highest BCUT2D eigenvalue weighted by Crippen LogP contribution is 2.38. The molecule has 1 heterocycles. The largest absolute Gasteiger partial charge is 0.224 e. The van der Waals surface area contributed by atoms with Crippen LogP contribution in [0.2, 0.25) is 0 Å². The molecule has 0 aromatic carbocycles. The molecule has 15 heavy (non-hydrogen) atoms. The van der Waals surface area contributed by atoms with Crippen LogP contribution in [0.4, 0.5) is 0 Å². The van der Waals surface area contributed by atoms with Crippen LogP contribution in [-0.4, -0.2) is 31.2 Å². The normalized spacial score (nSPS) is 26.0. The van der Waals surface area contributed by atoms with Crippen molar-refractivity contribution in [3.8, 4) is 0 Å². The lowest BCUT2D eigenvalue weighted by Crippen LogP contribution is -2.19. The van der Waals surface area contributed by atoms with Gasteiger partial charge >= 0.3 is 0 Å². The molecule has 1 fully saturated rings. The summed E-state index contributed by atoms with van der Waals surface area (Å²) in [7, 11) is 0. The van der Waals surface area contributed by atoms with Crippen LogP contribution in [0.3, 0.4) is 0 Å². The predicted octanol–water partition coefficient (Wildman–Crippen LogP) is 2.26. The first-order valence-electron chi connectivity index (χ1n) is 5.31. The Bertz CT molecular complexity index is 317. The minimum atomic E-state index is 0.396. The molecule has 0 saturated heterocycles. The molecule has 1 saturated carbocycles. The Morgan fingerprint density at radius 3 is 3.13 bits per heavy atom. The molecule has 2 atom stereocenters. The van der Waals surface area contributed by atoms with Gasteiger partial charge in [-0.05, 0) is 29.0 Å². The Balaban J connectivity index is 2.15. The van der Waals surface area contributed by atoms with Gasteiger partial charge in [-0.1, -0.05) is 13.3 Å². The van der Waals surface area contributed by atoms with Gasteiger partial charge in [-0.3, -0.25) is 0 Å². The zero-order valence-corrected chi connectivity index (χ0v) is 10.3. The van der Waals surface area contributed by atoms with Gasteiger partial charge in [-0.2, -0.15) is 11.8 Å². The van der Waals surface area contributed by atoms with E-state index >= 15 is 0 Å². The average molecular weight is 247 g/mol. The number of tetrazole rings is 1. The number of aromatic nitrogens is 4. The zero-order chi connectivity index (χ0) is 10.7. The van der Waals surface area contributed by atoms with E-state index in [1.165, 1.54) is 19.3 Å². The van der Waals surface area contributed by atoms with Crippen LogP contribution in [0.5, 0.6) is 0 Å². The molecular weight excluding hydrogens is 232 g/mol. The zero-order valence-electron chi connectivity index (χ0n) is 8.77. The Morgan fingerprint density at radius 2 is 2.40 bits per heavy atom. The molecule has 0 radical (unpaired) electrons. The summed E-state index contributed by atoms with van der Waals surface area (Å²) in [5.74, 6) is 2.34. The van der Waals surface area contributed by atoms with Gasteiger partial charge in [-0.15, -0.1) is 16.7 Å². The van der Waals surface area contributed by atoms with Crippen LogP contribution in [0, 0.1) is 0 Å². The minimum Gasteiger partial charge on any atom is -0.224 e. The molecule has 4 nitrogen and oxygen atoms in total. The highest BCUT2D eigenvalue weighted by atomic mass is 35.5. The van der Waals surface area contributed by atoms with Crippen LogP contribution in [0.1, 0.15) is 38.1 Å². The first-order chi connectivity index (χ1) is 7.36. The van der Waals surface area contributed by atoms with E-state index in [9.17, 15) is 0 Å². The summed E-state index contributed by atoms with van der Waals surface area (Å²) in [4.78, 5) is 0. The van der Waals surface area contributed by atoms with E-state index < -0.39 is 0 Å². The van der Waals surface area contributed by atoms with E-state index in [4.69, 9.17) is 11.6 Å². The summed E-state index contributed by atoms with van der Waals surface area (Å²) < 4.78 is 1.92. The first-order valence-corrected chi connectivity index (χ1v) is 6.89. The Morgan fingerprint density at radius 1 is 1.53 bits per heavy atom. The molecular formula is C9H15ClN4S. The molecule has 2 unspecified atom stereocenters. The van der Waals surface area contributed by atoms with E-state index in [1.807, 2.05) is 16.4 Å². The summed E-state index contributed by atoms with van der Waals surface area (Å²) in [5, 5.41) is 12.3. The van der Waals surface area contributed by atoms with Crippen LogP contribution >= 0.6 is 23.4 Å². The number of alkyl halides is 1. The number of rotatable bonds is 4. The van der Waals surface area contributed by atoms with Crippen molar-refractivity contribution in [2.75, 3.05) is 5.75 Å². The van der Waals surface area contributed by atoms with E-state index in [2.05, 4.69) is 22.4 Å². The molecule has 1 aromatic heterocycles. The van der Waals surface area contributed by atoms with Crippen LogP contribution < -0.4 is 0 Å². The SMILES string of the molecule is CCSC1CCCC1n1nnnc1CCl. The van der Waals surface area contributed by atoms with Crippen molar-refractivity contribution < 1.29 is 0 Å². The quantitative estimate of drug-likeness (QED) is 0.765. The number of hydrogen-bond acceptors (Lipinski definition) is 4. The topological polar surface area (TPSA) is 43.6 Å². The number of halogens is 1. The van der Waals surface area contributed by atoms with Crippen LogP contribution in [0.15, 0.2) is 0 Å². The summed E-state index contributed by atoms with van der Waals surface area (Å²) in [6, 6.07) is 0.443. The van der Waals surface area contributed by atoms with E-state index in [0.29, 0.717) is 17.2 Å². The fourth-order valence-electron chi connectivity index (χ4n) is 2.15. The van der Waals surface area contributed by atoms with Gasteiger partial charge < -0.3 is 0 Å². The Kier molecular flexibility index (Phi) is 3.86. The second-order valence-corrected chi connectivity index (χ2v) is 5.45. The molecule has 1 aliphatic carbocycles. The molecule has 6 heteroatoms. The highest BCUT2D eigenvalue weighted by Gasteiger charge is 2.31. The van der Waals surface area contributed by atoms with Crippen molar-refractivity contribution >= 4 is 23.4 Å². The standard InChI is InChI=1S/C9H15ClN4S/c1-2-15-8-5-3-4-7(8)14-9(6-10)11-12-13-14/h7-8H,2-6H2,1H3. The lowest BCUT2D eigenvalue weighted by atomic mass is 10.2. The van der Waals surface area contributed by atoms with Gasteiger partial charge in [0.1, 0.15) is 0 Å². The molecule has 2 rings (SSSR count). The van der Waals surface area contributed by atoms with Crippen molar-refractivity contribution in [2.24, 2.45) is 0 Å². The van der Waals surface area contributed by atoms with Gasteiger partial charge in [0.25, 0.3) is 0 Å².